The molecule has 1 aromatic carbocycles. The highest BCUT2D eigenvalue weighted by Gasteiger charge is 2.28. The van der Waals surface area contributed by atoms with Crippen molar-refractivity contribution in [3.8, 4) is 11.5 Å². The highest BCUT2D eigenvalue weighted by Crippen LogP contribution is 2.23. The third-order valence-electron chi connectivity index (χ3n) is 4.59. The average Bonchev–Trinajstić information content (AvgIpc) is 2.97. The highest BCUT2D eigenvalue weighted by molar-refractivity contribution is 5.94. The summed E-state index contributed by atoms with van der Waals surface area (Å²) < 4.78 is 0. The Morgan fingerprint density at radius 1 is 1.28 bits per heavy atom. The minimum atomic E-state index is 0. The Labute approximate surface area is 151 Å². The molecule has 3 heterocycles. The van der Waals surface area contributed by atoms with Crippen LogP contribution in [0, 0.1) is 11.8 Å². The van der Waals surface area contributed by atoms with Gasteiger partial charge in [-0.05, 0) is 49.3 Å². The van der Waals surface area contributed by atoms with Crippen molar-refractivity contribution in [3.63, 3.8) is 0 Å². The largest absolute Gasteiger partial charge is 0.337 e. The number of anilines is 1. The number of nitrogens with one attached hydrogen (secondary N) is 3. The highest BCUT2D eigenvalue weighted by atomic mass is 35.5. The molecule has 1 atom stereocenters. The van der Waals surface area contributed by atoms with Crippen molar-refractivity contribution >= 4 is 35.0 Å². The first-order valence-electron chi connectivity index (χ1n) is 8.13. The van der Waals surface area contributed by atoms with Crippen molar-refractivity contribution < 1.29 is 4.79 Å². The second kappa shape index (κ2) is 7.21. The van der Waals surface area contributed by atoms with Gasteiger partial charge in [-0.1, -0.05) is 13.0 Å². The van der Waals surface area contributed by atoms with Crippen molar-refractivity contribution in [3.05, 3.63) is 42.6 Å². The van der Waals surface area contributed by atoms with E-state index in [9.17, 15) is 4.79 Å². The van der Waals surface area contributed by atoms with Crippen LogP contribution in [0.25, 0.3) is 22.6 Å². The number of halogens is 1. The van der Waals surface area contributed by atoms with E-state index in [0.29, 0.717) is 5.92 Å². The summed E-state index contributed by atoms with van der Waals surface area (Å²) in [6.45, 7) is 3.82. The van der Waals surface area contributed by atoms with Crippen molar-refractivity contribution in [2.75, 3.05) is 18.4 Å². The molecule has 25 heavy (non-hydrogen) atoms. The monoisotopic (exact) mass is 357 g/mol. The Morgan fingerprint density at radius 2 is 2.12 bits per heavy atom. The normalized spacial score (nSPS) is 15.2. The maximum Gasteiger partial charge on any atom is 0.227 e. The van der Waals surface area contributed by atoms with Gasteiger partial charge in [0.2, 0.25) is 5.91 Å². The minimum absolute atomic E-state index is 0. The number of fused-ring (bicyclic) bond motifs is 1. The zero-order chi connectivity index (χ0) is 16.5. The van der Waals surface area contributed by atoms with Crippen molar-refractivity contribution in [1.82, 2.24) is 20.3 Å². The first-order valence-corrected chi connectivity index (χ1v) is 8.13. The van der Waals surface area contributed by atoms with Crippen molar-refractivity contribution in [2.24, 2.45) is 11.8 Å². The number of hydrogen-bond acceptors (Lipinski definition) is 4. The molecule has 130 valence electrons. The Morgan fingerprint density at radius 3 is 2.80 bits per heavy atom. The minimum Gasteiger partial charge on any atom is -0.337 e. The summed E-state index contributed by atoms with van der Waals surface area (Å²) in [4.78, 5) is 24.5. The molecular weight excluding hydrogens is 338 g/mol. The lowest BCUT2D eigenvalue weighted by atomic mass is 9.88. The molecule has 6 nitrogen and oxygen atoms in total. The molecule has 1 aliphatic heterocycles. The summed E-state index contributed by atoms with van der Waals surface area (Å²) in [5.41, 5.74) is 3.31. The van der Waals surface area contributed by atoms with Crippen LogP contribution in [-0.4, -0.2) is 33.9 Å². The summed E-state index contributed by atoms with van der Waals surface area (Å²) in [6, 6.07) is 11.4. The van der Waals surface area contributed by atoms with Crippen LogP contribution in [0.1, 0.15) is 6.92 Å². The lowest BCUT2D eigenvalue weighted by Crippen LogP contribution is -2.48. The molecular formula is C18H20ClN5O. The Balaban J connectivity index is 0.00000182. The topological polar surface area (TPSA) is 82.7 Å². The number of benzene rings is 1. The fourth-order valence-electron chi connectivity index (χ4n) is 2.85. The van der Waals surface area contributed by atoms with Crippen LogP contribution in [0.3, 0.4) is 0 Å². The first kappa shape index (κ1) is 17.4. The van der Waals surface area contributed by atoms with E-state index in [2.05, 4.69) is 25.6 Å². The van der Waals surface area contributed by atoms with Gasteiger partial charge in [-0.25, -0.2) is 4.98 Å². The van der Waals surface area contributed by atoms with E-state index < -0.39 is 0 Å². The van der Waals surface area contributed by atoms with Gasteiger partial charge in [0.25, 0.3) is 0 Å². The van der Waals surface area contributed by atoms with Gasteiger partial charge < -0.3 is 15.6 Å². The molecule has 2 aromatic heterocycles. The van der Waals surface area contributed by atoms with E-state index in [4.69, 9.17) is 0 Å². The zero-order valence-electron chi connectivity index (χ0n) is 13.8. The molecule has 0 spiro atoms. The molecule has 0 bridgehead atoms. The third-order valence-corrected chi connectivity index (χ3v) is 4.59. The van der Waals surface area contributed by atoms with Gasteiger partial charge in [-0.3, -0.25) is 9.78 Å². The number of pyridine rings is 1. The van der Waals surface area contributed by atoms with Gasteiger partial charge in [0.05, 0.1) is 11.0 Å². The van der Waals surface area contributed by atoms with Gasteiger partial charge in [-0.2, -0.15) is 0 Å². The lowest BCUT2D eigenvalue weighted by Gasteiger charge is -2.31. The second-order valence-corrected chi connectivity index (χ2v) is 6.23. The molecule has 1 aliphatic rings. The predicted molar refractivity (Wildman–Crippen MR) is 101 cm³/mol. The molecule has 7 heteroatoms. The summed E-state index contributed by atoms with van der Waals surface area (Å²) in [5, 5.41) is 6.21. The Kier molecular flexibility index (Phi) is 5.01. The van der Waals surface area contributed by atoms with Crippen LogP contribution in [0.2, 0.25) is 0 Å². The average molecular weight is 358 g/mol. The number of nitrogens with zero attached hydrogens (tertiary/aromatic N) is 2. The SMILES string of the molecule is CC(C(=O)Nc1ccc2nc(-c3ccccn3)[nH]c2c1)C1CNC1.Cl. The van der Waals surface area contributed by atoms with Crippen LogP contribution >= 0.6 is 12.4 Å². The number of carbonyl (C=O) groups excluding carboxylic acids is 1. The number of imidazole rings is 1. The third kappa shape index (κ3) is 3.50. The molecule has 3 aromatic rings. The smallest absolute Gasteiger partial charge is 0.227 e. The van der Waals surface area contributed by atoms with Crippen molar-refractivity contribution in [1.29, 1.82) is 0 Å². The summed E-state index contributed by atoms with van der Waals surface area (Å²) in [6.07, 6.45) is 1.74. The number of amides is 1. The number of aromatic amines is 1. The number of rotatable bonds is 4. The van der Waals surface area contributed by atoms with Crippen molar-refractivity contribution in [2.45, 2.75) is 6.92 Å². The van der Waals surface area contributed by atoms with Crippen LogP contribution in [0.15, 0.2) is 42.6 Å². The molecule has 1 unspecified atom stereocenters. The summed E-state index contributed by atoms with van der Waals surface area (Å²) in [5.74, 6) is 1.22. The van der Waals surface area contributed by atoms with Crippen LogP contribution in [-0.2, 0) is 4.79 Å². The molecule has 4 rings (SSSR count). The lowest BCUT2D eigenvalue weighted by molar-refractivity contribution is -0.121. The van der Waals surface area contributed by atoms with E-state index in [0.717, 1.165) is 41.3 Å². The van der Waals surface area contributed by atoms with E-state index in [1.165, 1.54) is 0 Å². The number of H-pyrrole nitrogens is 1. The van der Waals surface area contributed by atoms with Gasteiger partial charge in [-0.15, -0.1) is 12.4 Å². The Hall–Kier alpha value is -2.44. The fraction of sp³-hybridized carbons (Fsp3) is 0.278. The molecule has 0 saturated carbocycles. The van der Waals surface area contributed by atoms with E-state index >= 15 is 0 Å². The molecule has 1 fully saturated rings. The maximum absolute atomic E-state index is 12.3. The number of carbonyl (C=O) groups is 1. The van der Waals surface area contributed by atoms with Crippen LogP contribution in [0.5, 0.6) is 0 Å². The maximum atomic E-state index is 12.3. The van der Waals surface area contributed by atoms with Crippen LogP contribution in [0.4, 0.5) is 5.69 Å². The standard InChI is InChI=1S/C18H19N5O.ClH/c1-11(12-9-19-10-12)18(24)21-13-5-6-14-16(8-13)23-17(22-14)15-4-2-3-7-20-15;/h2-8,11-12,19H,9-10H2,1H3,(H,21,24)(H,22,23);1H. The predicted octanol–water partition coefficient (Wildman–Crippen LogP) is 2.84. The molecule has 0 aliphatic carbocycles. The molecule has 1 saturated heterocycles. The molecule has 3 N–H and O–H groups in total. The summed E-state index contributed by atoms with van der Waals surface area (Å²) in [7, 11) is 0. The molecule has 1 amide bonds. The fourth-order valence-corrected chi connectivity index (χ4v) is 2.85. The second-order valence-electron chi connectivity index (χ2n) is 6.23. The van der Waals surface area contributed by atoms with Gasteiger partial charge in [0.15, 0.2) is 5.82 Å². The van der Waals surface area contributed by atoms with E-state index in [1.54, 1.807) is 6.20 Å². The van der Waals surface area contributed by atoms with Crippen LogP contribution < -0.4 is 10.6 Å². The van der Waals surface area contributed by atoms with E-state index in [1.807, 2.05) is 43.3 Å². The van der Waals surface area contributed by atoms with Gasteiger partial charge >= 0.3 is 0 Å². The number of hydrogen-bond donors (Lipinski definition) is 3. The Bertz CT molecular complexity index is 876. The molecule has 0 radical (unpaired) electrons. The van der Waals surface area contributed by atoms with Gasteiger partial charge in [0.1, 0.15) is 5.69 Å². The van der Waals surface area contributed by atoms with E-state index in [-0.39, 0.29) is 24.2 Å². The summed E-state index contributed by atoms with van der Waals surface area (Å²) >= 11 is 0. The van der Waals surface area contributed by atoms with Gasteiger partial charge in [0, 0.05) is 17.8 Å². The number of aromatic nitrogens is 3. The zero-order valence-corrected chi connectivity index (χ0v) is 14.6. The first-order chi connectivity index (χ1) is 11.7. The quantitative estimate of drug-likeness (QED) is 0.670.